The molecule has 6 rings (SSSR count). The van der Waals surface area contributed by atoms with E-state index in [0.717, 1.165) is 11.1 Å². The summed E-state index contributed by atoms with van der Waals surface area (Å²) in [4.78, 5) is 41.7. The van der Waals surface area contributed by atoms with E-state index >= 15 is 0 Å². The van der Waals surface area contributed by atoms with Crippen LogP contribution < -0.4 is 21.5 Å². The van der Waals surface area contributed by atoms with Crippen LogP contribution in [0.5, 0.6) is 5.75 Å². The molecule has 1 atom stereocenters. The Morgan fingerprint density at radius 2 is 1.69 bits per heavy atom. The number of aliphatic hydroxyl groups is 1. The maximum absolute atomic E-state index is 14.9. The number of benzene rings is 4. The Morgan fingerprint density at radius 3 is 2.47 bits per heavy atom. The number of para-hydroxylation sites is 1. The minimum absolute atomic E-state index is 0.0836. The Balaban J connectivity index is 0.906. The van der Waals surface area contributed by atoms with Crippen LogP contribution in [0.2, 0.25) is 0 Å². The summed E-state index contributed by atoms with van der Waals surface area (Å²) in [5.41, 5.74) is 3.69. The van der Waals surface area contributed by atoms with Crippen molar-refractivity contribution in [2.75, 3.05) is 36.8 Å². The fourth-order valence-electron chi connectivity index (χ4n) is 6.26. The van der Waals surface area contributed by atoms with Crippen molar-refractivity contribution < 1.29 is 28.9 Å². The minimum atomic E-state index is -0.950. The highest BCUT2D eigenvalue weighted by Crippen LogP contribution is 2.29. The molecule has 5 aromatic rings. The number of aromatic amines is 1. The van der Waals surface area contributed by atoms with Crippen molar-refractivity contribution in [3.8, 4) is 16.9 Å². The van der Waals surface area contributed by atoms with E-state index in [4.69, 9.17) is 4.74 Å². The lowest BCUT2D eigenvalue weighted by molar-refractivity contribution is -0.116. The number of halogens is 1. The number of pyridine rings is 1. The topological polar surface area (TPSA) is 156 Å². The Labute approximate surface area is 294 Å². The number of ether oxygens (including phenoxy) is 1. The first-order valence-corrected chi connectivity index (χ1v) is 16.9. The smallest absolute Gasteiger partial charge is 0.411 e. The van der Waals surface area contributed by atoms with Gasteiger partial charge in [0.05, 0.1) is 23.0 Å². The molecular weight excluding hydrogens is 653 g/mol. The van der Waals surface area contributed by atoms with Crippen LogP contribution in [0.4, 0.5) is 20.6 Å². The van der Waals surface area contributed by atoms with Gasteiger partial charge in [0.2, 0.25) is 11.5 Å². The van der Waals surface area contributed by atoms with Crippen LogP contribution in [0.15, 0.2) is 102 Å². The van der Waals surface area contributed by atoms with Gasteiger partial charge in [-0.25, -0.2) is 9.18 Å². The zero-order valence-electron chi connectivity index (χ0n) is 27.9. The molecule has 51 heavy (non-hydrogen) atoms. The van der Waals surface area contributed by atoms with Gasteiger partial charge in [-0.15, -0.1) is 0 Å². The molecule has 1 fully saturated rings. The van der Waals surface area contributed by atoms with Gasteiger partial charge in [-0.05, 0) is 59.9 Å². The number of rotatable bonds is 12. The summed E-state index contributed by atoms with van der Waals surface area (Å²) in [6.07, 6.45) is -0.216. The molecule has 11 nitrogen and oxygen atoms in total. The Hall–Kier alpha value is -5.56. The monoisotopic (exact) mass is 693 g/mol. The minimum Gasteiger partial charge on any atom is -0.506 e. The van der Waals surface area contributed by atoms with Crippen LogP contribution in [-0.2, 0) is 16.1 Å². The second kappa shape index (κ2) is 16.4. The molecule has 0 spiro atoms. The predicted octanol–water partition coefficient (Wildman–Crippen LogP) is 5.90. The molecule has 0 radical (unpaired) electrons. The van der Waals surface area contributed by atoms with Crippen molar-refractivity contribution in [1.29, 1.82) is 0 Å². The van der Waals surface area contributed by atoms with Gasteiger partial charge in [0.15, 0.2) is 0 Å². The number of aromatic nitrogens is 1. The quantitative estimate of drug-likeness (QED) is 0.0943. The zero-order chi connectivity index (χ0) is 35.7. The largest absolute Gasteiger partial charge is 0.506 e. The van der Waals surface area contributed by atoms with E-state index in [1.54, 1.807) is 18.2 Å². The average molecular weight is 694 g/mol. The van der Waals surface area contributed by atoms with E-state index in [-0.39, 0.29) is 54.0 Å². The lowest BCUT2D eigenvalue weighted by atomic mass is 10.0. The van der Waals surface area contributed by atoms with Crippen LogP contribution in [0, 0.1) is 5.82 Å². The van der Waals surface area contributed by atoms with Crippen molar-refractivity contribution in [2.24, 2.45) is 0 Å². The molecule has 1 aromatic heterocycles. The number of hydrogen-bond donors (Lipinski definition) is 6. The first kappa shape index (κ1) is 35.3. The van der Waals surface area contributed by atoms with E-state index in [9.17, 15) is 29.0 Å². The number of aromatic hydroxyl groups is 1. The van der Waals surface area contributed by atoms with Gasteiger partial charge in [-0.2, -0.15) is 0 Å². The van der Waals surface area contributed by atoms with Crippen LogP contribution in [0.25, 0.3) is 22.0 Å². The summed E-state index contributed by atoms with van der Waals surface area (Å²) < 4.78 is 20.6. The molecule has 1 aliphatic heterocycles. The second-order valence-electron chi connectivity index (χ2n) is 12.5. The Morgan fingerprint density at radius 1 is 0.922 bits per heavy atom. The van der Waals surface area contributed by atoms with Gasteiger partial charge in [-0.3, -0.25) is 14.9 Å². The fourth-order valence-corrected chi connectivity index (χ4v) is 6.26. The second-order valence-corrected chi connectivity index (χ2v) is 12.5. The zero-order valence-corrected chi connectivity index (χ0v) is 27.9. The molecule has 0 saturated carbocycles. The van der Waals surface area contributed by atoms with Crippen LogP contribution in [-0.4, -0.2) is 64.4 Å². The molecule has 2 heterocycles. The fraction of sp³-hybridized carbons (Fsp3) is 0.256. The number of aliphatic hydroxyl groups excluding tert-OH is 1. The van der Waals surface area contributed by atoms with Gasteiger partial charge < -0.3 is 35.5 Å². The molecule has 6 N–H and O–H groups in total. The highest BCUT2D eigenvalue weighted by Gasteiger charge is 2.23. The maximum atomic E-state index is 14.9. The van der Waals surface area contributed by atoms with Crippen LogP contribution in [0.3, 0.4) is 0 Å². The van der Waals surface area contributed by atoms with Gasteiger partial charge >= 0.3 is 6.09 Å². The van der Waals surface area contributed by atoms with Crippen molar-refractivity contribution in [1.82, 2.24) is 15.2 Å². The summed E-state index contributed by atoms with van der Waals surface area (Å²) in [6, 6.07) is 27.8. The van der Waals surface area contributed by atoms with E-state index < -0.39 is 18.0 Å². The number of hydrogen-bond acceptors (Lipinski definition) is 8. The molecule has 1 aliphatic rings. The van der Waals surface area contributed by atoms with Crippen molar-refractivity contribution in [2.45, 2.75) is 38.0 Å². The predicted molar refractivity (Wildman–Crippen MR) is 194 cm³/mol. The number of anilines is 2. The van der Waals surface area contributed by atoms with Gasteiger partial charge in [0.1, 0.15) is 17.7 Å². The third kappa shape index (κ3) is 9.17. The highest BCUT2D eigenvalue weighted by atomic mass is 19.1. The molecule has 0 aliphatic carbocycles. The van der Waals surface area contributed by atoms with Gasteiger partial charge in [-0.1, -0.05) is 60.7 Å². The normalized spacial score (nSPS) is 14.2. The lowest BCUT2D eigenvalue weighted by Gasteiger charge is -2.31. The molecule has 1 saturated heterocycles. The third-order valence-corrected chi connectivity index (χ3v) is 8.95. The van der Waals surface area contributed by atoms with Crippen molar-refractivity contribution in [3.63, 3.8) is 0 Å². The van der Waals surface area contributed by atoms with E-state index in [0.29, 0.717) is 54.7 Å². The highest BCUT2D eigenvalue weighted by molar-refractivity contribution is 5.92. The number of carbonyl (C=O) groups excluding carboxylic acids is 2. The Kier molecular flexibility index (Phi) is 11.4. The summed E-state index contributed by atoms with van der Waals surface area (Å²) >= 11 is 0. The van der Waals surface area contributed by atoms with E-state index in [2.05, 4.69) is 25.8 Å². The van der Waals surface area contributed by atoms with E-state index in [1.807, 2.05) is 54.6 Å². The molecule has 4 aromatic carbocycles. The molecule has 264 valence electrons. The van der Waals surface area contributed by atoms with Gasteiger partial charge in [0.25, 0.3) is 0 Å². The summed E-state index contributed by atoms with van der Waals surface area (Å²) in [6.45, 7) is 2.22. The molecule has 0 unspecified atom stereocenters. The summed E-state index contributed by atoms with van der Waals surface area (Å²) in [7, 11) is 0. The molecular formula is C39H40FN5O6. The maximum Gasteiger partial charge on any atom is 0.411 e. The van der Waals surface area contributed by atoms with Gasteiger partial charge in [0, 0.05) is 56.2 Å². The van der Waals surface area contributed by atoms with Crippen LogP contribution in [0.1, 0.15) is 36.5 Å². The number of carbonyl (C=O) groups is 2. The van der Waals surface area contributed by atoms with Crippen molar-refractivity contribution >= 4 is 34.3 Å². The van der Waals surface area contributed by atoms with E-state index in [1.165, 1.54) is 24.3 Å². The Bertz CT molecular complexity index is 2050. The number of piperidine rings is 1. The number of phenolic OH excluding ortho intramolecular Hbond substituents is 1. The average Bonchev–Trinajstić information content (AvgIpc) is 3.13. The SMILES string of the molecule is O=C(CCN1CCC(OC(=O)Nc2ccccc2-c2ccccc2)CC1)Nc1ccc(CNC[C@@H](O)c2ccc(O)c3[nH]c(=O)ccc23)cc1F. The molecule has 12 heteroatoms. The number of amides is 2. The first-order valence-electron chi connectivity index (χ1n) is 16.9. The lowest BCUT2D eigenvalue weighted by Crippen LogP contribution is -2.39. The summed E-state index contributed by atoms with van der Waals surface area (Å²) in [5.74, 6) is -0.968. The number of fused-ring (bicyclic) bond motifs is 1. The first-order chi connectivity index (χ1) is 24.7. The summed E-state index contributed by atoms with van der Waals surface area (Å²) in [5, 5.41) is 30.0. The number of phenols is 1. The molecule has 2 amide bonds. The standard InChI is InChI=1S/C39H40FN5O6/c40-31-22-25(23-41-24-35(47)29-11-14-34(46)38-30(29)12-15-36(48)44-38)10-13-33(31)42-37(49)18-21-45-19-16-27(17-20-45)51-39(50)43-32-9-5-4-8-28(32)26-6-2-1-3-7-26/h1-15,22,27,35,41,46-47H,16-21,23-24H2,(H,42,49)(H,43,50)(H,44,48)/t35-/m1/s1. The molecule has 0 bridgehead atoms. The number of nitrogens with one attached hydrogen (secondary N) is 4. The third-order valence-electron chi connectivity index (χ3n) is 8.95. The van der Waals surface area contributed by atoms with Crippen LogP contribution >= 0.6 is 0 Å². The number of H-pyrrole nitrogens is 1. The van der Waals surface area contributed by atoms with Crippen molar-refractivity contribution in [3.05, 3.63) is 124 Å². The number of nitrogens with zero attached hydrogens (tertiary/aromatic N) is 1. The number of likely N-dealkylation sites (tertiary alicyclic amines) is 1.